The number of amides is 3. The fourth-order valence-electron chi connectivity index (χ4n) is 3.45. The molecule has 2 unspecified atom stereocenters. The third kappa shape index (κ3) is 3.22. The first-order chi connectivity index (χ1) is 13.0. The maximum Gasteiger partial charge on any atom is 0.426 e. The Morgan fingerprint density at radius 3 is 2.57 bits per heavy atom. The summed E-state index contributed by atoms with van der Waals surface area (Å²) in [6, 6.07) is 2.11. The summed E-state index contributed by atoms with van der Waals surface area (Å²) in [6.45, 7) is -0.263. The lowest BCUT2D eigenvalue weighted by atomic mass is 10.1. The second kappa shape index (κ2) is 6.78. The molecule has 1 aromatic carbocycles. The second-order valence-electron chi connectivity index (χ2n) is 6.79. The van der Waals surface area contributed by atoms with Gasteiger partial charge in [0.1, 0.15) is 19.4 Å². The van der Waals surface area contributed by atoms with Crippen LogP contribution in [0.25, 0.3) is 0 Å². The number of imidazole rings is 1. The highest BCUT2D eigenvalue weighted by atomic mass is 35.5. The molecule has 3 amide bonds. The van der Waals surface area contributed by atoms with E-state index in [4.69, 9.17) is 17.3 Å². The van der Waals surface area contributed by atoms with Gasteiger partial charge < -0.3 is 10.3 Å². The van der Waals surface area contributed by atoms with Crippen LogP contribution in [0.3, 0.4) is 0 Å². The Balaban J connectivity index is 2.13. The fraction of sp³-hybridized carbons (Fsp3) is 0.353. The van der Waals surface area contributed by atoms with Crippen LogP contribution in [0.1, 0.15) is 11.1 Å². The number of carbonyl (C=O) groups is 2. The van der Waals surface area contributed by atoms with E-state index in [2.05, 4.69) is 4.98 Å². The summed E-state index contributed by atoms with van der Waals surface area (Å²) in [5.41, 5.74) is 4.55. The minimum Gasteiger partial charge on any atom is -0.368 e. The van der Waals surface area contributed by atoms with Gasteiger partial charge in [0.25, 0.3) is 5.82 Å². The molecule has 2 heterocycles. The van der Waals surface area contributed by atoms with Gasteiger partial charge in [-0.2, -0.15) is 22.6 Å². The van der Waals surface area contributed by atoms with Gasteiger partial charge in [-0.05, 0) is 6.07 Å². The van der Waals surface area contributed by atoms with Gasteiger partial charge in [-0.3, -0.25) is 9.69 Å². The summed E-state index contributed by atoms with van der Waals surface area (Å²) in [7, 11) is 3.12. The molecule has 28 heavy (non-hydrogen) atoms. The zero-order valence-corrected chi connectivity index (χ0v) is 15.8. The molecule has 1 saturated heterocycles. The van der Waals surface area contributed by atoms with E-state index in [0.29, 0.717) is 0 Å². The number of benzene rings is 1. The number of nitrogens with two attached hydrogens (primary N) is 1. The normalized spacial score (nSPS) is 22.7. The molecular formula is C17H18ClF3N5O2+. The summed E-state index contributed by atoms with van der Waals surface area (Å²) >= 11 is 6.04. The molecule has 150 valence electrons. The molecule has 0 radical (unpaired) electrons. The van der Waals surface area contributed by atoms with Gasteiger partial charge in [-0.25, -0.2) is 4.79 Å². The Morgan fingerprint density at radius 1 is 1.39 bits per heavy atom. The molecule has 1 aliphatic heterocycles. The van der Waals surface area contributed by atoms with E-state index < -0.39 is 39.2 Å². The lowest BCUT2D eigenvalue weighted by molar-refractivity contribution is -0.137. The van der Waals surface area contributed by atoms with E-state index in [1.165, 1.54) is 30.4 Å². The number of carbonyl (C=O) groups excluding carboxylic acids is 2. The molecule has 7 nitrogen and oxygen atoms in total. The molecule has 2 N–H and O–H groups in total. The Morgan fingerprint density at radius 2 is 2.07 bits per heavy atom. The molecule has 0 bridgehead atoms. The number of urea groups is 1. The van der Waals surface area contributed by atoms with Gasteiger partial charge in [0, 0.05) is 19.7 Å². The summed E-state index contributed by atoms with van der Waals surface area (Å²) < 4.78 is 40.8. The fourth-order valence-corrected chi connectivity index (χ4v) is 3.74. The molecule has 11 heteroatoms. The lowest BCUT2D eigenvalue weighted by Crippen LogP contribution is -2.51. The van der Waals surface area contributed by atoms with Crippen molar-refractivity contribution in [1.29, 1.82) is 0 Å². The summed E-state index contributed by atoms with van der Waals surface area (Å²) in [5, 5.41) is -0.485. The van der Waals surface area contributed by atoms with Gasteiger partial charge in [-0.1, -0.05) is 23.7 Å². The highest BCUT2D eigenvalue weighted by molar-refractivity contribution is 6.32. The van der Waals surface area contributed by atoms with E-state index in [9.17, 15) is 22.8 Å². The van der Waals surface area contributed by atoms with Crippen molar-refractivity contribution in [3.05, 3.63) is 46.9 Å². The first-order valence-corrected chi connectivity index (χ1v) is 8.62. The van der Waals surface area contributed by atoms with Crippen molar-refractivity contribution in [2.75, 3.05) is 13.6 Å². The quantitative estimate of drug-likeness (QED) is 0.778. The third-order valence-corrected chi connectivity index (χ3v) is 5.35. The summed E-state index contributed by atoms with van der Waals surface area (Å²) in [6.07, 6.45) is -1.59. The number of alkyl halides is 3. The molecular weight excluding hydrogens is 399 g/mol. The Bertz CT molecular complexity index is 945. The number of rotatable bonds is 4. The van der Waals surface area contributed by atoms with Crippen LogP contribution in [0, 0.1) is 0 Å². The number of aryl methyl sites for hydroxylation is 1. The monoisotopic (exact) mass is 416 g/mol. The highest BCUT2D eigenvalue weighted by Gasteiger charge is 2.56. The number of likely N-dealkylation sites (N-methyl/N-ethyl adjacent to an activating group) is 1. The standard InChI is InChI=1S/C17H17ClF3N5O2/c1-24-6-13(23-9-24)26(8-12(15(22)27)25(2)16(26)28)7-10-4-3-5-11(14(10)18)17(19,20)21/h3-6,9,12H,7-8H2,1-2H3,(H-,22,27)/p+1. The summed E-state index contributed by atoms with van der Waals surface area (Å²) in [4.78, 5) is 30.3. The second-order valence-corrected chi connectivity index (χ2v) is 7.17. The largest absolute Gasteiger partial charge is 0.426 e. The number of halogens is 4. The molecule has 3 rings (SSSR count). The van der Waals surface area contributed by atoms with Crippen molar-refractivity contribution in [3.63, 3.8) is 0 Å². The van der Waals surface area contributed by atoms with E-state index in [1.54, 1.807) is 17.8 Å². The number of nitrogens with zero attached hydrogens (tertiary/aromatic N) is 4. The van der Waals surface area contributed by atoms with Gasteiger partial charge >= 0.3 is 12.2 Å². The average Bonchev–Trinajstić information content (AvgIpc) is 3.13. The number of primary amides is 1. The molecule has 0 spiro atoms. The summed E-state index contributed by atoms with van der Waals surface area (Å²) in [5.74, 6) is -0.418. The predicted octanol–water partition coefficient (Wildman–Crippen LogP) is 2.52. The first-order valence-electron chi connectivity index (χ1n) is 8.24. The van der Waals surface area contributed by atoms with Crippen LogP contribution in [0.15, 0.2) is 30.7 Å². The van der Waals surface area contributed by atoms with Gasteiger partial charge in [0.15, 0.2) is 6.04 Å². The Hall–Kier alpha value is -2.59. The Kier molecular flexibility index (Phi) is 4.88. The van der Waals surface area contributed by atoms with Crippen molar-refractivity contribution in [3.8, 4) is 0 Å². The van der Waals surface area contributed by atoms with Crippen molar-refractivity contribution < 1.29 is 22.8 Å². The number of aromatic nitrogens is 2. The molecule has 1 fully saturated rings. The van der Waals surface area contributed by atoms with Crippen molar-refractivity contribution in [2.24, 2.45) is 12.8 Å². The van der Waals surface area contributed by atoms with E-state index in [1.807, 2.05) is 0 Å². The van der Waals surface area contributed by atoms with Gasteiger partial charge in [0.05, 0.1) is 16.8 Å². The van der Waals surface area contributed by atoms with Crippen LogP contribution >= 0.6 is 11.6 Å². The number of hydrogen-bond acceptors (Lipinski definition) is 3. The number of quaternary nitrogens is 1. The highest BCUT2D eigenvalue weighted by Crippen LogP contribution is 2.39. The smallest absolute Gasteiger partial charge is 0.368 e. The Labute approximate surface area is 163 Å². The van der Waals surface area contributed by atoms with Crippen LogP contribution < -0.4 is 10.2 Å². The zero-order valence-electron chi connectivity index (χ0n) is 15.1. The minimum absolute atomic E-state index is 0.0613. The first kappa shape index (κ1) is 20.2. The molecule has 0 saturated carbocycles. The van der Waals surface area contributed by atoms with Crippen LogP contribution in [0.4, 0.5) is 23.8 Å². The van der Waals surface area contributed by atoms with Crippen molar-refractivity contribution in [2.45, 2.75) is 18.8 Å². The number of hydrogen-bond donors (Lipinski definition) is 1. The van der Waals surface area contributed by atoms with E-state index in [0.717, 1.165) is 6.07 Å². The third-order valence-electron chi connectivity index (χ3n) is 4.90. The molecule has 1 aromatic heterocycles. The van der Waals surface area contributed by atoms with Crippen LogP contribution in [0.5, 0.6) is 0 Å². The van der Waals surface area contributed by atoms with E-state index in [-0.39, 0.29) is 24.5 Å². The van der Waals surface area contributed by atoms with Crippen LogP contribution in [-0.4, -0.2) is 46.0 Å². The lowest BCUT2D eigenvalue weighted by Gasteiger charge is -2.28. The van der Waals surface area contributed by atoms with Gasteiger partial charge in [0.2, 0.25) is 5.91 Å². The molecule has 2 atom stereocenters. The average molecular weight is 417 g/mol. The topological polar surface area (TPSA) is 81.2 Å². The predicted molar refractivity (Wildman–Crippen MR) is 96.2 cm³/mol. The van der Waals surface area contributed by atoms with Crippen LogP contribution in [0.2, 0.25) is 5.02 Å². The minimum atomic E-state index is -4.63. The van der Waals surface area contributed by atoms with Crippen molar-refractivity contribution >= 4 is 29.4 Å². The van der Waals surface area contributed by atoms with E-state index >= 15 is 0 Å². The van der Waals surface area contributed by atoms with Crippen LogP contribution in [-0.2, 0) is 24.6 Å². The SMILES string of the molecule is CN1C(=O)[N+](Cc2cccc(C(F)(F)F)c2Cl)(c2cn(C)cn2)CC1C(N)=O. The molecule has 2 aromatic rings. The van der Waals surface area contributed by atoms with Crippen molar-refractivity contribution in [1.82, 2.24) is 18.9 Å². The molecule has 1 aliphatic rings. The molecule has 0 aliphatic carbocycles. The zero-order chi connectivity index (χ0) is 20.9. The maximum absolute atomic E-state index is 13.2. The maximum atomic E-state index is 13.2. The van der Waals surface area contributed by atoms with Gasteiger partial charge in [-0.15, -0.1) is 0 Å².